The van der Waals surface area contributed by atoms with Gasteiger partial charge in [0, 0.05) is 12.1 Å². The zero-order chi connectivity index (χ0) is 7.72. The Labute approximate surface area is 74.2 Å². The number of rotatable bonds is 0. The summed E-state index contributed by atoms with van der Waals surface area (Å²) in [6, 6.07) is 2.40. The van der Waals surface area contributed by atoms with Crippen LogP contribution in [0.15, 0.2) is 12.1 Å². The first-order valence-corrected chi connectivity index (χ1v) is 2.68. The Hall–Kier alpha value is -1.10. The van der Waals surface area contributed by atoms with E-state index in [1.165, 1.54) is 12.1 Å². The number of nitrogen functional groups attached to an aromatic ring is 2. The predicted octanol–water partition coefficient (Wildman–Crippen LogP) is 0.840. The number of anilines is 2. The fourth-order valence-electron chi connectivity index (χ4n) is 0.609. The molecule has 6 N–H and O–H groups in total. The fraction of sp³-hybridized carbons (Fsp3) is 0. The summed E-state index contributed by atoms with van der Waals surface area (Å²) >= 11 is 0. The Balaban J connectivity index is 0.000001000. The van der Waals surface area contributed by atoms with Gasteiger partial charge in [0.1, 0.15) is 0 Å². The zero-order valence-corrected chi connectivity index (χ0v) is 7.33. The Morgan fingerprint density at radius 2 is 1.18 bits per heavy atom. The topological polar surface area (TPSA) is 92.5 Å². The van der Waals surface area contributed by atoms with E-state index in [2.05, 4.69) is 0 Å². The Bertz CT molecular complexity index is 215. The number of phenolic OH excluding ortho intramolecular Hbond substituents is 2. The highest BCUT2D eigenvalue weighted by Crippen LogP contribution is 2.30. The van der Waals surface area contributed by atoms with Crippen molar-refractivity contribution >= 4 is 28.4 Å². The summed E-state index contributed by atoms with van der Waals surface area (Å²) < 4.78 is 0. The minimum absolute atomic E-state index is 0. The zero-order valence-electron chi connectivity index (χ0n) is 5.61. The molecule has 0 aliphatic rings. The Morgan fingerprint density at radius 3 is 1.45 bits per heavy atom. The smallest absolute Gasteiger partial charge is 0.159 e. The van der Waals surface area contributed by atoms with Gasteiger partial charge in [-0.15, -0.1) is 17.0 Å². The maximum absolute atomic E-state index is 8.84. The van der Waals surface area contributed by atoms with Gasteiger partial charge in [-0.05, 0) is 0 Å². The van der Waals surface area contributed by atoms with E-state index in [1.807, 2.05) is 0 Å². The van der Waals surface area contributed by atoms with Gasteiger partial charge in [0.15, 0.2) is 11.5 Å². The van der Waals surface area contributed by atoms with Crippen molar-refractivity contribution in [1.82, 2.24) is 0 Å². The van der Waals surface area contributed by atoms with Gasteiger partial charge in [-0.1, -0.05) is 0 Å². The fourth-order valence-corrected chi connectivity index (χ4v) is 0.609. The number of phenols is 2. The number of hydrogen-bond acceptors (Lipinski definition) is 4. The van der Waals surface area contributed by atoms with Gasteiger partial charge in [-0.2, -0.15) is 0 Å². The minimum Gasteiger partial charge on any atom is -0.504 e. The number of halogens is 1. The molecule has 0 aliphatic carbocycles. The van der Waals surface area contributed by atoms with Gasteiger partial charge in [0.05, 0.1) is 11.4 Å². The van der Waals surface area contributed by atoms with Gasteiger partial charge in [-0.25, -0.2) is 0 Å². The van der Waals surface area contributed by atoms with Gasteiger partial charge in [0.2, 0.25) is 0 Å². The molecule has 0 amide bonds. The Kier molecular flexibility index (Phi) is 3.00. The molecule has 0 spiro atoms. The molecule has 0 saturated heterocycles. The highest BCUT2D eigenvalue weighted by atomic mass is 79.9. The second kappa shape index (κ2) is 3.34. The van der Waals surface area contributed by atoms with Crippen LogP contribution in [0.25, 0.3) is 0 Å². The van der Waals surface area contributed by atoms with Gasteiger partial charge in [0.25, 0.3) is 0 Å². The summed E-state index contributed by atoms with van der Waals surface area (Å²) in [6.07, 6.45) is 0. The van der Waals surface area contributed by atoms with Crippen LogP contribution in [0, 0.1) is 0 Å². The summed E-state index contributed by atoms with van der Waals surface area (Å²) in [5, 5.41) is 17.7. The van der Waals surface area contributed by atoms with E-state index in [9.17, 15) is 0 Å². The lowest BCUT2D eigenvalue weighted by Gasteiger charge is -2.01. The van der Waals surface area contributed by atoms with Crippen molar-refractivity contribution in [2.24, 2.45) is 0 Å². The molecule has 1 aromatic rings. The molecule has 11 heavy (non-hydrogen) atoms. The molecule has 4 nitrogen and oxygen atoms in total. The number of benzene rings is 1. The van der Waals surface area contributed by atoms with Crippen LogP contribution in [0.5, 0.6) is 11.5 Å². The third-order valence-corrected chi connectivity index (χ3v) is 1.18. The maximum Gasteiger partial charge on any atom is 0.159 e. The highest BCUT2D eigenvalue weighted by Gasteiger charge is 2.01. The van der Waals surface area contributed by atoms with E-state index < -0.39 is 0 Å². The Morgan fingerprint density at radius 1 is 0.909 bits per heavy atom. The van der Waals surface area contributed by atoms with Crippen molar-refractivity contribution < 1.29 is 10.2 Å². The van der Waals surface area contributed by atoms with Crippen molar-refractivity contribution in [3.05, 3.63) is 12.1 Å². The van der Waals surface area contributed by atoms with Crippen molar-refractivity contribution in [3.8, 4) is 11.5 Å². The lowest BCUT2D eigenvalue weighted by Crippen LogP contribution is -1.93. The van der Waals surface area contributed by atoms with Crippen LogP contribution in [-0.2, 0) is 0 Å². The first-order chi connectivity index (χ1) is 4.61. The first-order valence-electron chi connectivity index (χ1n) is 2.68. The van der Waals surface area contributed by atoms with E-state index >= 15 is 0 Å². The van der Waals surface area contributed by atoms with E-state index in [0.717, 1.165) is 0 Å². The van der Waals surface area contributed by atoms with Crippen LogP contribution < -0.4 is 11.5 Å². The molecular formula is C6H9BrN2O2. The van der Waals surface area contributed by atoms with E-state index in [4.69, 9.17) is 21.7 Å². The molecule has 1 rings (SSSR count). The number of aromatic hydroxyl groups is 2. The molecule has 0 bridgehead atoms. The molecule has 0 heterocycles. The summed E-state index contributed by atoms with van der Waals surface area (Å²) in [5.41, 5.74) is 11.1. The number of hydrogen-bond donors (Lipinski definition) is 4. The van der Waals surface area contributed by atoms with E-state index in [-0.39, 0.29) is 39.9 Å². The molecule has 0 aromatic heterocycles. The van der Waals surface area contributed by atoms with Crippen LogP contribution in [0.1, 0.15) is 0 Å². The quantitative estimate of drug-likeness (QED) is 0.296. The second-order valence-corrected chi connectivity index (χ2v) is 1.97. The lowest BCUT2D eigenvalue weighted by molar-refractivity contribution is 0.404. The highest BCUT2D eigenvalue weighted by molar-refractivity contribution is 8.93. The molecule has 1 aromatic carbocycles. The van der Waals surface area contributed by atoms with Crippen molar-refractivity contribution in [1.29, 1.82) is 0 Å². The normalized spacial score (nSPS) is 8.73. The third kappa shape index (κ3) is 1.91. The first kappa shape index (κ1) is 9.90. The molecule has 0 radical (unpaired) electrons. The van der Waals surface area contributed by atoms with Gasteiger partial charge < -0.3 is 21.7 Å². The van der Waals surface area contributed by atoms with Gasteiger partial charge in [-0.3, -0.25) is 0 Å². The maximum atomic E-state index is 8.84. The van der Waals surface area contributed by atoms with Crippen molar-refractivity contribution in [2.75, 3.05) is 11.5 Å². The standard InChI is InChI=1S/C6H8N2O2.BrH/c7-3-1-5(9)6(10)2-4(3)8;/h1-2,9-10H,7-8H2;1H. The number of nitrogens with two attached hydrogens (primary N) is 2. The average Bonchev–Trinajstić information content (AvgIpc) is 1.84. The SMILES string of the molecule is Br.Nc1cc(O)c(O)cc1N. The van der Waals surface area contributed by atoms with Crippen LogP contribution in [0.2, 0.25) is 0 Å². The van der Waals surface area contributed by atoms with Crippen LogP contribution >= 0.6 is 17.0 Å². The molecule has 0 saturated carbocycles. The summed E-state index contributed by atoms with van der Waals surface area (Å²) in [6.45, 7) is 0. The molecular weight excluding hydrogens is 212 g/mol. The lowest BCUT2D eigenvalue weighted by atomic mass is 10.2. The molecule has 0 unspecified atom stereocenters. The largest absolute Gasteiger partial charge is 0.504 e. The van der Waals surface area contributed by atoms with Crippen LogP contribution in [0.3, 0.4) is 0 Å². The monoisotopic (exact) mass is 220 g/mol. The van der Waals surface area contributed by atoms with Crippen molar-refractivity contribution in [3.63, 3.8) is 0 Å². The van der Waals surface area contributed by atoms with Crippen LogP contribution in [0.4, 0.5) is 11.4 Å². The molecule has 62 valence electrons. The molecule has 0 fully saturated rings. The van der Waals surface area contributed by atoms with Crippen molar-refractivity contribution in [2.45, 2.75) is 0 Å². The molecule has 5 heteroatoms. The third-order valence-electron chi connectivity index (χ3n) is 1.18. The van der Waals surface area contributed by atoms with E-state index in [0.29, 0.717) is 0 Å². The summed E-state index contributed by atoms with van der Waals surface area (Å²) in [4.78, 5) is 0. The van der Waals surface area contributed by atoms with Crippen LogP contribution in [-0.4, -0.2) is 10.2 Å². The summed E-state index contributed by atoms with van der Waals surface area (Å²) in [5.74, 6) is -0.515. The second-order valence-electron chi connectivity index (χ2n) is 1.97. The minimum atomic E-state index is -0.258. The molecule has 0 aliphatic heterocycles. The average molecular weight is 221 g/mol. The predicted molar refractivity (Wildman–Crippen MR) is 48.9 cm³/mol. The summed E-state index contributed by atoms with van der Waals surface area (Å²) in [7, 11) is 0. The molecule has 0 atom stereocenters. The van der Waals surface area contributed by atoms with E-state index in [1.54, 1.807) is 0 Å². The van der Waals surface area contributed by atoms with Gasteiger partial charge >= 0.3 is 0 Å².